The molecule has 5 nitrogen and oxygen atoms in total. The molecule has 0 spiro atoms. The van der Waals surface area contributed by atoms with Gasteiger partial charge >= 0.3 is 0 Å². The number of nitrogens with one attached hydrogen (secondary N) is 1. The molecule has 26 heavy (non-hydrogen) atoms. The molecular weight excluding hydrogens is 372 g/mol. The van der Waals surface area contributed by atoms with Gasteiger partial charge in [0.2, 0.25) is 15.9 Å². The van der Waals surface area contributed by atoms with Gasteiger partial charge in [0.15, 0.2) is 0 Å². The zero-order valence-corrected chi connectivity index (χ0v) is 16.5. The molecule has 140 valence electrons. The van der Waals surface area contributed by atoms with Crippen molar-refractivity contribution in [1.29, 1.82) is 0 Å². The van der Waals surface area contributed by atoms with Crippen LogP contribution >= 0.6 is 11.6 Å². The van der Waals surface area contributed by atoms with Crippen LogP contribution in [-0.2, 0) is 21.2 Å². The Labute approximate surface area is 160 Å². The van der Waals surface area contributed by atoms with Crippen molar-refractivity contribution in [2.45, 2.75) is 25.2 Å². The van der Waals surface area contributed by atoms with Gasteiger partial charge in [-0.3, -0.25) is 4.79 Å². The SMILES string of the molecule is CC(=O)N(CCNS(=O)(=O)c1ccccc1C)CCc1cccc(Cl)c1. The summed E-state index contributed by atoms with van der Waals surface area (Å²) in [5.41, 5.74) is 1.72. The van der Waals surface area contributed by atoms with Gasteiger partial charge in [0.1, 0.15) is 0 Å². The number of hydrogen-bond donors (Lipinski definition) is 1. The summed E-state index contributed by atoms with van der Waals surface area (Å²) in [4.78, 5) is 13.7. The van der Waals surface area contributed by atoms with Crippen molar-refractivity contribution in [2.24, 2.45) is 0 Å². The lowest BCUT2D eigenvalue weighted by atomic mass is 10.1. The number of carbonyl (C=O) groups excluding carboxylic acids is 1. The van der Waals surface area contributed by atoms with Gasteiger partial charge < -0.3 is 4.90 Å². The maximum Gasteiger partial charge on any atom is 0.240 e. The number of rotatable bonds is 8. The Kier molecular flexibility index (Phi) is 7.20. The number of halogens is 1. The van der Waals surface area contributed by atoms with Crippen LogP contribution in [0.3, 0.4) is 0 Å². The highest BCUT2D eigenvalue weighted by molar-refractivity contribution is 7.89. The molecule has 0 aliphatic carbocycles. The summed E-state index contributed by atoms with van der Waals surface area (Å²) >= 11 is 5.97. The molecule has 0 fully saturated rings. The van der Waals surface area contributed by atoms with Crippen molar-refractivity contribution >= 4 is 27.5 Å². The second-order valence-electron chi connectivity index (χ2n) is 6.05. The highest BCUT2D eigenvalue weighted by Gasteiger charge is 2.17. The molecule has 0 heterocycles. The lowest BCUT2D eigenvalue weighted by Crippen LogP contribution is -2.38. The smallest absolute Gasteiger partial charge is 0.240 e. The average Bonchev–Trinajstić information content (AvgIpc) is 2.57. The number of carbonyl (C=O) groups is 1. The van der Waals surface area contributed by atoms with Crippen LogP contribution in [0.1, 0.15) is 18.1 Å². The molecule has 2 aromatic rings. The Hall–Kier alpha value is -1.89. The van der Waals surface area contributed by atoms with E-state index in [0.717, 1.165) is 5.56 Å². The van der Waals surface area contributed by atoms with Gasteiger partial charge in [0.05, 0.1) is 4.90 Å². The Morgan fingerprint density at radius 1 is 1.12 bits per heavy atom. The highest BCUT2D eigenvalue weighted by atomic mass is 35.5. The van der Waals surface area contributed by atoms with Crippen molar-refractivity contribution in [2.75, 3.05) is 19.6 Å². The van der Waals surface area contributed by atoms with Crippen LogP contribution in [0, 0.1) is 6.92 Å². The van der Waals surface area contributed by atoms with Crippen molar-refractivity contribution in [1.82, 2.24) is 9.62 Å². The van der Waals surface area contributed by atoms with Crippen LogP contribution in [0.25, 0.3) is 0 Å². The Balaban J connectivity index is 1.92. The fraction of sp³-hybridized carbons (Fsp3) is 0.316. The fourth-order valence-corrected chi connectivity index (χ4v) is 4.11. The molecule has 0 unspecified atom stereocenters. The van der Waals surface area contributed by atoms with E-state index in [1.165, 1.54) is 6.92 Å². The fourth-order valence-electron chi connectivity index (χ4n) is 2.63. The quantitative estimate of drug-likeness (QED) is 0.748. The van der Waals surface area contributed by atoms with E-state index < -0.39 is 10.0 Å². The Morgan fingerprint density at radius 2 is 1.85 bits per heavy atom. The van der Waals surface area contributed by atoms with Crippen LogP contribution in [0.2, 0.25) is 5.02 Å². The van der Waals surface area contributed by atoms with E-state index in [2.05, 4.69) is 4.72 Å². The first-order valence-corrected chi connectivity index (χ1v) is 10.2. The minimum Gasteiger partial charge on any atom is -0.341 e. The zero-order chi connectivity index (χ0) is 19.2. The summed E-state index contributed by atoms with van der Waals surface area (Å²) in [5, 5.41) is 0.655. The highest BCUT2D eigenvalue weighted by Crippen LogP contribution is 2.14. The minimum atomic E-state index is -3.59. The van der Waals surface area contributed by atoms with Crippen molar-refractivity contribution < 1.29 is 13.2 Å². The molecule has 0 atom stereocenters. The summed E-state index contributed by atoms with van der Waals surface area (Å²) in [6.45, 7) is 4.20. The summed E-state index contributed by atoms with van der Waals surface area (Å²) in [6, 6.07) is 14.3. The molecular formula is C19H23ClN2O3S. The monoisotopic (exact) mass is 394 g/mol. The van der Waals surface area contributed by atoms with Gasteiger partial charge in [-0.15, -0.1) is 0 Å². The van der Waals surface area contributed by atoms with Crippen LogP contribution in [0.15, 0.2) is 53.4 Å². The topological polar surface area (TPSA) is 66.5 Å². The Bertz CT molecular complexity index is 869. The summed E-state index contributed by atoms with van der Waals surface area (Å²) in [6.07, 6.45) is 0.657. The largest absolute Gasteiger partial charge is 0.341 e. The molecule has 0 bridgehead atoms. The van der Waals surface area contributed by atoms with Crippen LogP contribution in [-0.4, -0.2) is 38.9 Å². The van der Waals surface area contributed by atoms with E-state index in [9.17, 15) is 13.2 Å². The second-order valence-corrected chi connectivity index (χ2v) is 8.22. The van der Waals surface area contributed by atoms with E-state index in [4.69, 9.17) is 11.6 Å². The molecule has 0 aliphatic rings. The molecule has 7 heteroatoms. The molecule has 2 rings (SSSR count). The minimum absolute atomic E-state index is 0.0953. The third-order valence-electron chi connectivity index (χ3n) is 4.06. The second kappa shape index (κ2) is 9.16. The molecule has 0 radical (unpaired) electrons. The first kappa shape index (κ1) is 20.4. The van der Waals surface area contributed by atoms with Gasteiger partial charge in [-0.25, -0.2) is 13.1 Å². The maximum absolute atomic E-state index is 12.4. The van der Waals surface area contributed by atoms with Gasteiger partial charge in [0, 0.05) is 31.6 Å². The van der Waals surface area contributed by atoms with Crippen LogP contribution < -0.4 is 4.72 Å². The standard InChI is InChI=1S/C19H23ClN2O3S/c1-15-6-3-4-9-19(15)26(24,25)21-11-13-22(16(2)23)12-10-17-7-5-8-18(20)14-17/h3-9,14,21H,10-13H2,1-2H3. The number of hydrogen-bond acceptors (Lipinski definition) is 3. The Morgan fingerprint density at radius 3 is 2.50 bits per heavy atom. The van der Waals surface area contributed by atoms with Crippen molar-refractivity contribution in [3.8, 4) is 0 Å². The molecule has 0 saturated heterocycles. The molecule has 1 N–H and O–H groups in total. The number of sulfonamides is 1. The number of aryl methyl sites for hydroxylation is 1. The van der Waals surface area contributed by atoms with E-state index in [-0.39, 0.29) is 17.3 Å². The third kappa shape index (κ3) is 5.83. The van der Waals surface area contributed by atoms with Gasteiger partial charge in [-0.1, -0.05) is 41.9 Å². The van der Waals surface area contributed by atoms with Gasteiger partial charge in [0.25, 0.3) is 0 Å². The van der Waals surface area contributed by atoms with Crippen molar-refractivity contribution in [3.63, 3.8) is 0 Å². The summed E-state index contributed by atoms with van der Waals surface area (Å²) in [5.74, 6) is -0.0953. The van der Waals surface area contributed by atoms with E-state index in [0.29, 0.717) is 30.1 Å². The lowest BCUT2D eigenvalue weighted by molar-refractivity contribution is -0.128. The lowest BCUT2D eigenvalue weighted by Gasteiger charge is -2.21. The normalized spacial score (nSPS) is 11.3. The molecule has 2 aromatic carbocycles. The maximum atomic E-state index is 12.4. The molecule has 0 aliphatic heterocycles. The molecule has 0 saturated carbocycles. The molecule has 1 amide bonds. The average molecular weight is 395 g/mol. The van der Waals surface area contributed by atoms with Gasteiger partial charge in [-0.2, -0.15) is 0 Å². The predicted octanol–water partition coefficient (Wildman–Crippen LogP) is 3.02. The van der Waals surface area contributed by atoms with Crippen LogP contribution in [0.5, 0.6) is 0 Å². The van der Waals surface area contributed by atoms with Gasteiger partial charge in [-0.05, 0) is 42.7 Å². The number of nitrogens with zero attached hydrogens (tertiary/aromatic N) is 1. The predicted molar refractivity (Wildman–Crippen MR) is 104 cm³/mol. The number of amides is 1. The van der Waals surface area contributed by atoms with E-state index in [1.807, 2.05) is 18.2 Å². The third-order valence-corrected chi connectivity index (χ3v) is 5.92. The zero-order valence-electron chi connectivity index (χ0n) is 14.9. The first-order valence-electron chi connectivity index (χ1n) is 8.35. The van der Waals surface area contributed by atoms with E-state index >= 15 is 0 Å². The summed E-state index contributed by atoms with van der Waals surface area (Å²) in [7, 11) is -3.59. The molecule has 0 aromatic heterocycles. The van der Waals surface area contributed by atoms with E-state index in [1.54, 1.807) is 42.2 Å². The van der Waals surface area contributed by atoms with Crippen LogP contribution in [0.4, 0.5) is 0 Å². The summed E-state index contributed by atoms with van der Waals surface area (Å²) < 4.78 is 27.3. The first-order chi connectivity index (χ1) is 12.3. The number of benzene rings is 2. The van der Waals surface area contributed by atoms with Crippen molar-refractivity contribution in [3.05, 3.63) is 64.7 Å².